The fourth-order valence-electron chi connectivity index (χ4n) is 13.8. The van der Waals surface area contributed by atoms with Crippen LogP contribution in [-0.4, -0.2) is 11.3 Å². The molecule has 5 heterocycles. The Kier molecular flexibility index (Phi) is 8.64. The Balaban J connectivity index is 0.991. The van der Waals surface area contributed by atoms with Crippen molar-refractivity contribution < 1.29 is 22.2 Å². The highest BCUT2D eigenvalue weighted by molar-refractivity contribution is 7.27. The van der Waals surface area contributed by atoms with Gasteiger partial charge in [0.2, 0.25) is 0 Å². The van der Waals surface area contributed by atoms with E-state index < -0.39 is 78.6 Å². The van der Waals surface area contributed by atoms with Crippen molar-refractivity contribution in [1.29, 1.82) is 0 Å². The normalized spacial score (nSPS) is 14.9. The molecule has 2 aliphatic heterocycles. The molecule has 0 saturated carbocycles. The van der Waals surface area contributed by atoms with E-state index in [0.717, 1.165) is 126 Å². The third-order valence-corrected chi connectivity index (χ3v) is 19.1. The molecule has 3 aromatic heterocycles. The van der Waals surface area contributed by atoms with Gasteiger partial charge in [0.1, 0.15) is 11.2 Å². The lowest BCUT2D eigenvalue weighted by molar-refractivity contribution is 0.590. The molecule has 0 bridgehead atoms. The summed E-state index contributed by atoms with van der Waals surface area (Å²) in [4.78, 5) is 4.61. The van der Waals surface area contributed by atoms with Gasteiger partial charge >= 0.3 is 0 Å². The number of benzene rings is 13. The van der Waals surface area contributed by atoms with E-state index in [2.05, 4.69) is 146 Å². The maximum absolute atomic E-state index is 9.67. The van der Waals surface area contributed by atoms with Crippen molar-refractivity contribution in [3.8, 4) is 50.2 Å². The molecule has 0 spiro atoms. The van der Waals surface area contributed by atoms with E-state index in [0.29, 0.717) is 16.9 Å². The first kappa shape index (κ1) is 39.1. The zero-order valence-corrected chi connectivity index (χ0v) is 48.7. The lowest BCUT2D eigenvalue weighted by atomic mass is 9.33. The third kappa shape index (κ3) is 7.65. The molecule has 4 nitrogen and oxygen atoms in total. The van der Waals surface area contributed by atoms with E-state index in [4.69, 9.17) is 14.0 Å². The van der Waals surface area contributed by atoms with Crippen molar-refractivity contribution in [1.82, 2.24) is 4.57 Å². The van der Waals surface area contributed by atoms with Crippen molar-refractivity contribution in [2.24, 2.45) is 0 Å². The number of thiophene rings is 1. The minimum Gasteiger partial charge on any atom is -0.455 e. The second kappa shape index (κ2) is 19.4. The highest BCUT2D eigenvalue weighted by Crippen LogP contribution is 2.53. The molecule has 0 radical (unpaired) electrons. The molecule has 2 aliphatic rings. The number of rotatable bonds is 7. The summed E-state index contributed by atoms with van der Waals surface area (Å²) in [5.74, 6) is 0. The molecule has 13 aromatic carbocycles. The summed E-state index contributed by atoms with van der Waals surface area (Å²) in [6, 6.07) is 64.3. The molecular formula is C82H56BN3OS. The van der Waals surface area contributed by atoms with Gasteiger partial charge in [0.05, 0.1) is 44.9 Å². The first-order valence-electron chi connectivity index (χ1n) is 35.9. The Labute approximate surface area is 533 Å². The predicted octanol–water partition coefficient (Wildman–Crippen LogP) is 21.1. The topological polar surface area (TPSA) is 24.6 Å². The van der Waals surface area contributed by atoms with E-state index in [1.165, 1.54) is 0 Å². The highest BCUT2D eigenvalue weighted by atomic mass is 32.1. The van der Waals surface area contributed by atoms with E-state index in [1.54, 1.807) is 15.9 Å². The lowest BCUT2D eigenvalue weighted by Crippen LogP contribution is -2.61. The Morgan fingerprint density at radius 2 is 0.989 bits per heavy atom. The predicted molar refractivity (Wildman–Crippen MR) is 375 cm³/mol. The fourth-order valence-corrected chi connectivity index (χ4v) is 15.2. The van der Waals surface area contributed by atoms with Gasteiger partial charge in [-0.05, 0) is 122 Å². The van der Waals surface area contributed by atoms with E-state index in [-0.39, 0.29) is 39.5 Å². The molecule has 16 aromatic rings. The minimum absolute atomic E-state index is 0.0222. The number of fused-ring (bicyclic) bond motifs is 13. The van der Waals surface area contributed by atoms with Gasteiger partial charge in [-0.1, -0.05) is 239 Å². The van der Waals surface area contributed by atoms with Crippen molar-refractivity contribution >= 4 is 132 Å². The van der Waals surface area contributed by atoms with Crippen molar-refractivity contribution in [2.45, 2.75) is 26.2 Å². The molecule has 18 rings (SSSR count). The van der Waals surface area contributed by atoms with Crippen LogP contribution in [0.2, 0.25) is 0 Å². The number of aromatic nitrogens is 1. The van der Waals surface area contributed by atoms with Gasteiger partial charge in [-0.2, -0.15) is 0 Å². The van der Waals surface area contributed by atoms with Crippen LogP contribution < -0.4 is 26.2 Å². The molecule has 414 valence electrons. The Hall–Kier alpha value is -10.7. The van der Waals surface area contributed by atoms with Gasteiger partial charge in [-0.15, -0.1) is 11.3 Å². The summed E-state index contributed by atoms with van der Waals surface area (Å²) in [5, 5.41) is 3.94. The fraction of sp³-hybridized carbons (Fsp3) is 0.0488. The second-order valence-electron chi connectivity index (χ2n) is 23.8. The molecule has 0 saturated heterocycles. The van der Waals surface area contributed by atoms with E-state index in [1.807, 2.05) is 91.0 Å². The summed E-state index contributed by atoms with van der Waals surface area (Å²) in [6.07, 6.45) is 0. The van der Waals surface area contributed by atoms with Gasteiger partial charge in [0.25, 0.3) is 6.71 Å². The SMILES string of the molecule is [2H]c1c([2H])c([2H])c(-c2ccc3c(c2)B2c4ccc(-n5c6c([2H])c([2H])c([2H])c([2H])c6c6c([2H])c([2H])c([2H])c([2H])c65)cc4N(c4cccc5c4sc4c(-c6cccc7c6oc6ccccc67)cccc45)c4cc(C(C)(C)C)cc(c42)N3c2ccc(-c3ccccc3)cc2-c2ccccc2)c([2H])c1[2H]. The molecule has 0 N–H and O–H groups in total. The summed E-state index contributed by atoms with van der Waals surface area (Å²) in [6.45, 7) is 5.90. The summed E-state index contributed by atoms with van der Waals surface area (Å²) in [5.41, 5.74) is 15.8. The van der Waals surface area contributed by atoms with Crippen LogP contribution in [0.1, 0.15) is 44.2 Å². The zero-order chi connectivity index (χ0) is 69.7. The first-order valence-corrected chi connectivity index (χ1v) is 30.3. The quantitative estimate of drug-likeness (QED) is 0.149. The Morgan fingerprint density at radius 3 is 1.73 bits per heavy atom. The minimum atomic E-state index is -0.681. The van der Waals surface area contributed by atoms with E-state index in [9.17, 15) is 8.22 Å². The van der Waals surface area contributed by atoms with Gasteiger partial charge in [-0.25, -0.2) is 0 Å². The molecule has 0 amide bonds. The van der Waals surface area contributed by atoms with Crippen LogP contribution in [0.4, 0.5) is 34.1 Å². The van der Waals surface area contributed by atoms with Gasteiger partial charge < -0.3 is 18.8 Å². The van der Waals surface area contributed by atoms with Crippen molar-refractivity contribution in [3.63, 3.8) is 0 Å². The second-order valence-corrected chi connectivity index (χ2v) is 24.8. The van der Waals surface area contributed by atoms with Crippen LogP contribution in [0.25, 0.3) is 114 Å². The van der Waals surface area contributed by atoms with Crippen molar-refractivity contribution in [2.75, 3.05) is 9.80 Å². The van der Waals surface area contributed by atoms with Crippen LogP contribution >= 0.6 is 11.3 Å². The summed E-state index contributed by atoms with van der Waals surface area (Å²) in [7, 11) is 0. The number of anilines is 6. The standard InChI is InChI=1S/C82H56BN3OS/c1-82(2,3)56-48-75-78-76(49-56)86(73-38-21-35-65-64-34-20-33-63(80(64)88-81(65)73)62-32-19-31-61-60-30-15-18-39-77(60)87-79(61)62)74-50-57(84-69-36-16-13-28-58(69)59-29-14-17-37-70(59)84)42-43-67(74)83(78)68-47-55(52-24-9-5-10-25-52)41-45-72(68)85(75)71-44-40-54(51-22-7-4-8-23-51)46-66(71)53-26-11-6-12-27-53/h4-50H,1-3H3/i5D,9D,10D,13D,14D,16D,17D,24D,25D,28D,29D,36D,37D. The van der Waals surface area contributed by atoms with Crippen LogP contribution in [0.15, 0.2) is 289 Å². The van der Waals surface area contributed by atoms with Crippen molar-refractivity contribution in [3.05, 3.63) is 290 Å². The Bertz CT molecular complexity index is 6240. The molecule has 0 atom stereocenters. The molecule has 88 heavy (non-hydrogen) atoms. The molecule has 0 unspecified atom stereocenters. The monoisotopic (exact) mass is 1150 g/mol. The van der Waals surface area contributed by atoms with Crippen LogP contribution in [-0.2, 0) is 5.41 Å². The first-order chi connectivity index (χ1) is 48.7. The number of furan rings is 1. The summed E-state index contributed by atoms with van der Waals surface area (Å²) < 4.78 is 130. The van der Waals surface area contributed by atoms with Crippen LogP contribution in [0, 0.1) is 0 Å². The third-order valence-electron chi connectivity index (χ3n) is 17.9. The van der Waals surface area contributed by atoms with Gasteiger partial charge in [0, 0.05) is 82.1 Å². The zero-order valence-electron chi connectivity index (χ0n) is 60.9. The number of para-hydroxylation sites is 4. The number of hydrogen-bond donors (Lipinski definition) is 0. The smallest absolute Gasteiger partial charge is 0.252 e. The van der Waals surface area contributed by atoms with Crippen LogP contribution in [0.5, 0.6) is 0 Å². The average molecular weight is 1160 g/mol. The van der Waals surface area contributed by atoms with Crippen LogP contribution in [0.3, 0.4) is 0 Å². The lowest BCUT2D eigenvalue weighted by Gasteiger charge is -2.45. The number of hydrogen-bond acceptors (Lipinski definition) is 4. The van der Waals surface area contributed by atoms with Gasteiger partial charge in [0.15, 0.2) is 0 Å². The average Bonchev–Trinajstić information content (AvgIpc) is 1.60. The Morgan fingerprint density at radius 1 is 0.386 bits per heavy atom. The number of nitrogens with zero attached hydrogens (tertiary/aromatic N) is 3. The molecule has 6 heteroatoms. The molecule has 0 fully saturated rings. The van der Waals surface area contributed by atoms with Gasteiger partial charge in [-0.3, -0.25) is 0 Å². The highest BCUT2D eigenvalue weighted by Gasteiger charge is 2.45. The van der Waals surface area contributed by atoms with E-state index >= 15 is 0 Å². The molecule has 0 aliphatic carbocycles. The molecular weight excluding hydrogens is 1090 g/mol. The summed E-state index contributed by atoms with van der Waals surface area (Å²) >= 11 is 1.66. The largest absolute Gasteiger partial charge is 0.455 e. The maximum Gasteiger partial charge on any atom is 0.252 e. The maximum atomic E-state index is 9.67.